The van der Waals surface area contributed by atoms with Crippen molar-refractivity contribution in [3.05, 3.63) is 107 Å². The van der Waals surface area contributed by atoms with Gasteiger partial charge in [-0.05, 0) is 44.0 Å². The zero-order valence-electron chi connectivity index (χ0n) is 20.6. The molecule has 0 saturated heterocycles. The van der Waals surface area contributed by atoms with Crippen LogP contribution in [0.2, 0.25) is 0 Å². The second kappa shape index (κ2) is 10.1. The predicted octanol–water partition coefficient (Wildman–Crippen LogP) is 6.14. The summed E-state index contributed by atoms with van der Waals surface area (Å²) >= 11 is 0. The Morgan fingerprint density at radius 1 is 0.972 bits per heavy atom. The first-order chi connectivity index (χ1) is 17.5. The Labute approximate surface area is 210 Å². The predicted molar refractivity (Wildman–Crippen MR) is 138 cm³/mol. The highest BCUT2D eigenvalue weighted by Gasteiger charge is 2.35. The third-order valence-corrected chi connectivity index (χ3v) is 6.27. The van der Waals surface area contributed by atoms with Crippen LogP contribution in [0.25, 0.3) is 17.0 Å². The summed E-state index contributed by atoms with van der Waals surface area (Å²) in [5.74, 6) is 1.65. The third-order valence-electron chi connectivity index (χ3n) is 6.27. The molecule has 1 unspecified atom stereocenters. The number of benzene rings is 3. The van der Waals surface area contributed by atoms with Gasteiger partial charge in [0.25, 0.3) is 5.89 Å². The van der Waals surface area contributed by atoms with Crippen molar-refractivity contribution in [3.8, 4) is 17.1 Å². The Bertz CT molecular complexity index is 1380. The van der Waals surface area contributed by atoms with E-state index in [1.807, 2.05) is 99.6 Å². The molecule has 1 aliphatic rings. The van der Waals surface area contributed by atoms with Gasteiger partial charge in [-0.2, -0.15) is 4.98 Å². The van der Waals surface area contributed by atoms with Crippen LogP contribution >= 0.6 is 0 Å². The number of carbonyl (C=O) groups excluding carboxylic acids is 1. The molecule has 2 amide bonds. The lowest BCUT2D eigenvalue weighted by Gasteiger charge is -2.35. The maximum atomic E-state index is 13.3. The fourth-order valence-corrected chi connectivity index (χ4v) is 4.34. The highest BCUT2D eigenvalue weighted by atomic mass is 16.5. The Kier molecular flexibility index (Phi) is 6.54. The Hall–Kier alpha value is -4.39. The van der Waals surface area contributed by atoms with E-state index < -0.39 is 6.04 Å². The Morgan fingerprint density at radius 3 is 2.39 bits per heavy atom. The van der Waals surface area contributed by atoms with Crippen molar-refractivity contribution in [1.29, 1.82) is 0 Å². The summed E-state index contributed by atoms with van der Waals surface area (Å²) in [4.78, 5) is 19.7. The first-order valence-corrected chi connectivity index (χ1v) is 12.0. The van der Waals surface area contributed by atoms with Crippen molar-refractivity contribution in [3.63, 3.8) is 0 Å². The standard InChI is InChI=1S/C29H28N4O3/c1-4-35-24-16-14-22(15-17-24)26-25(28-31-27(32-36-28)23-12-10-19(2)11-13-23)20(3)33(29(34)30-26)18-21-8-6-5-7-9-21/h5-17,26H,4,18H2,1-3H3,(H,30,34). The average Bonchev–Trinajstić information content (AvgIpc) is 3.38. The highest BCUT2D eigenvalue weighted by molar-refractivity contribution is 5.87. The number of aromatic nitrogens is 2. The largest absolute Gasteiger partial charge is 0.494 e. The van der Waals surface area contributed by atoms with E-state index in [0.717, 1.165) is 39.3 Å². The summed E-state index contributed by atoms with van der Waals surface area (Å²) in [6.07, 6.45) is 0. The van der Waals surface area contributed by atoms with Gasteiger partial charge in [0.15, 0.2) is 0 Å². The number of rotatable bonds is 7. The van der Waals surface area contributed by atoms with Crippen LogP contribution in [0.1, 0.15) is 42.5 Å². The van der Waals surface area contributed by atoms with Crippen molar-refractivity contribution in [2.75, 3.05) is 6.61 Å². The van der Waals surface area contributed by atoms with Gasteiger partial charge in [-0.15, -0.1) is 0 Å². The molecule has 0 bridgehead atoms. The van der Waals surface area contributed by atoms with Crippen molar-refractivity contribution < 1.29 is 14.1 Å². The number of nitrogens with one attached hydrogen (secondary N) is 1. The summed E-state index contributed by atoms with van der Waals surface area (Å²) in [7, 11) is 0. The van der Waals surface area contributed by atoms with Crippen LogP contribution < -0.4 is 10.1 Å². The van der Waals surface area contributed by atoms with E-state index in [4.69, 9.17) is 14.2 Å². The molecular weight excluding hydrogens is 452 g/mol. The van der Waals surface area contributed by atoms with Gasteiger partial charge in [-0.25, -0.2) is 4.79 Å². The highest BCUT2D eigenvalue weighted by Crippen LogP contribution is 2.38. The fourth-order valence-electron chi connectivity index (χ4n) is 4.34. The second-order valence-corrected chi connectivity index (χ2v) is 8.74. The summed E-state index contributed by atoms with van der Waals surface area (Å²) in [5.41, 5.74) is 5.48. The van der Waals surface area contributed by atoms with Crippen molar-refractivity contribution in [2.24, 2.45) is 0 Å². The van der Waals surface area contributed by atoms with Crippen LogP contribution in [0.15, 0.2) is 89.1 Å². The van der Waals surface area contributed by atoms with E-state index in [1.54, 1.807) is 4.90 Å². The molecule has 0 spiro atoms. The lowest BCUT2D eigenvalue weighted by molar-refractivity contribution is 0.203. The van der Waals surface area contributed by atoms with Gasteiger partial charge >= 0.3 is 6.03 Å². The molecule has 0 saturated carbocycles. The molecule has 0 radical (unpaired) electrons. The lowest BCUT2D eigenvalue weighted by Crippen LogP contribution is -2.45. The summed E-state index contributed by atoms with van der Waals surface area (Å²) < 4.78 is 11.4. The van der Waals surface area contributed by atoms with Crippen LogP contribution in [-0.4, -0.2) is 27.7 Å². The van der Waals surface area contributed by atoms with Crippen LogP contribution in [-0.2, 0) is 6.54 Å². The number of nitrogens with zero attached hydrogens (tertiary/aromatic N) is 3. The van der Waals surface area contributed by atoms with Gasteiger partial charge in [-0.3, -0.25) is 4.90 Å². The number of hydrogen-bond acceptors (Lipinski definition) is 5. The van der Waals surface area contributed by atoms with Gasteiger partial charge in [-0.1, -0.05) is 77.5 Å². The maximum absolute atomic E-state index is 13.3. The molecule has 4 aromatic rings. The second-order valence-electron chi connectivity index (χ2n) is 8.74. The molecule has 1 N–H and O–H groups in total. The topological polar surface area (TPSA) is 80.5 Å². The van der Waals surface area contributed by atoms with E-state index in [-0.39, 0.29) is 6.03 Å². The Morgan fingerprint density at radius 2 is 1.69 bits per heavy atom. The molecule has 1 atom stereocenters. The summed E-state index contributed by atoms with van der Waals surface area (Å²) in [5, 5.41) is 7.40. The number of allylic oxidation sites excluding steroid dienone is 1. The normalized spacial score (nSPS) is 15.7. The molecule has 3 aromatic carbocycles. The number of urea groups is 1. The van der Waals surface area contributed by atoms with Crippen molar-refractivity contribution >= 4 is 11.6 Å². The molecule has 2 heterocycles. The van der Waals surface area contributed by atoms with Crippen molar-refractivity contribution in [2.45, 2.75) is 33.4 Å². The molecule has 5 rings (SSSR count). The Balaban J connectivity index is 1.57. The smallest absolute Gasteiger partial charge is 0.322 e. The van der Waals surface area contributed by atoms with Gasteiger partial charge < -0.3 is 14.6 Å². The van der Waals surface area contributed by atoms with Crippen LogP contribution in [0.5, 0.6) is 5.75 Å². The molecule has 0 fully saturated rings. The molecule has 7 nitrogen and oxygen atoms in total. The number of ether oxygens (including phenoxy) is 1. The number of aryl methyl sites for hydroxylation is 1. The molecule has 7 heteroatoms. The van der Waals surface area contributed by atoms with Crippen LogP contribution in [0.3, 0.4) is 0 Å². The lowest BCUT2D eigenvalue weighted by atomic mass is 9.94. The zero-order chi connectivity index (χ0) is 25.1. The monoisotopic (exact) mass is 480 g/mol. The summed E-state index contributed by atoms with van der Waals surface area (Å²) in [6.45, 7) is 6.92. The number of hydrogen-bond donors (Lipinski definition) is 1. The van der Waals surface area contributed by atoms with Crippen LogP contribution in [0.4, 0.5) is 4.79 Å². The fraction of sp³-hybridized carbons (Fsp3) is 0.207. The molecule has 182 valence electrons. The zero-order valence-corrected chi connectivity index (χ0v) is 20.6. The molecule has 1 aromatic heterocycles. The minimum absolute atomic E-state index is 0.183. The molecular formula is C29H28N4O3. The molecule has 0 aliphatic carbocycles. The summed E-state index contributed by atoms with van der Waals surface area (Å²) in [6, 6.07) is 24.9. The average molecular weight is 481 g/mol. The SMILES string of the molecule is CCOc1ccc(C2NC(=O)N(Cc3ccccc3)C(C)=C2c2nc(-c3ccc(C)cc3)no2)cc1. The quantitative estimate of drug-likeness (QED) is 0.344. The van der Waals surface area contributed by atoms with Gasteiger partial charge in [0.1, 0.15) is 5.75 Å². The van der Waals surface area contributed by atoms with E-state index in [1.165, 1.54) is 0 Å². The maximum Gasteiger partial charge on any atom is 0.322 e. The van der Waals surface area contributed by atoms with Crippen molar-refractivity contribution in [1.82, 2.24) is 20.4 Å². The minimum Gasteiger partial charge on any atom is -0.494 e. The molecule has 1 aliphatic heterocycles. The van der Waals surface area contributed by atoms with E-state index in [9.17, 15) is 4.79 Å². The van der Waals surface area contributed by atoms with Gasteiger partial charge in [0.2, 0.25) is 5.82 Å². The van der Waals surface area contributed by atoms with E-state index in [2.05, 4.69) is 10.5 Å². The van der Waals surface area contributed by atoms with E-state index >= 15 is 0 Å². The van der Waals surface area contributed by atoms with Gasteiger partial charge in [0.05, 0.1) is 24.8 Å². The first-order valence-electron chi connectivity index (χ1n) is 12.0. The minimum atomic E-state index is -0.452. The number of carbonyl (C=O) groups is 1. The van der Waals surface area contributed by atoms with Gasteiger partial charge in [0, 0.05) is 11.3 Å². The number of amides is 2. The third kappa shape index (κ3) is 4.73. The van der Waals surface area contributed by atoms with E-state index in [0.29, 0.717) is 24.9 Å². The van der Waals surface area contributed by atoms with Crippen LogP contribution in [0, 0.1) is 6.92 Å². The molecule has 36 heavy (non-hydrogen) atoms. The first kappa shape index (κ1) is 23.4.